The molecule has 2 N–H and O–H groups in total. The summed E-state index contributed by atoms with van der Waals surface area (Å²) in [7, 11) is 0. The molecule has 1 saturated heterocycles. The third-order valence-corrected chi connectivity index (χ3v) is 4.53. The Hall–Kier alpha value is -1.63. The van der Waals surface area contributed by atoms with Crippen molar-refractivity contribution in [3.63, 3.8) is 0 Å². The van der Waals surface area contributed by atoms with Gasteiger partial charge in [0.1, 0.15) is 11.5 Å². The number of nitrogens with one attached hydrogen (secondary N) is 2. The van der Waals surface area contributed by atoms with Gasteiger partial charge in [-0.25, -0.2) is 0 Å². The molecule has 3 heterocycles. The summed E-state index contributed by atoms with van der Waals surface area (Å²) >= 11 is 0. The van der Waals surface area contributed by atoms with Crippen LogP contribution in [0, 0.1) is 6.92 Å². The van der Waals surface area contributed by atoms with Crippen LogP contribution >= 0.6 is 0 Å². The number of H-pyrrole nitrogens is 1. The van der Waals surface area contributed by atoms with Crippen LogP contribution in [0.3, 0.4) is 0 Å². The van der Waals surface area contributed by atoms with Crippen LogP contribution < -0.4 is 5.32 Å². The van der Waals surface area contributed by atoms with Gasteiger partial charge in [0, 0.05) is 37.8 Å². The molecule has 3 rings (SSSR count). The van der Waals surface area contributed by atoms with Gasteiger partial charge in [0.2, 0.25) is 0 Å². The van der Waals surface area contributed by atoms with E-state index in [2.05, 4.69) is 41.2 Å². The smallest absolute Gasteiger partial charge is 0.152 e. The van der Waals surface area contributed by atoms with Crippen molar-refractivity contribution in [2.24, 2.45) is 0 Å². The average molecular weight is 332 g/mol. The van der Waals surface area contributed by atoms with Gasteiger partial charge in [-0.2, -0.15) is 5.10 Å². The van der Waals surface area contributed by atoms with Gasteiger partial charge in [0.25, 0.3) is 0 Å². The minimum absolute atomic E-state index is 0.305. The number of nitrogens with zero attached hydrogens (tertiary/aromatic N) is 2. The van der Waals surface area contributed by atoms with Crippen LogP contribution in [-0.2, 0) is 11.3 Å². The lowest BCUT2D eigenvalue weighted by molar-refractivity contribution is -0.0781. The molecular weight excluding hydrogens is 304 g/mol. The van der Waals surface area contributed by atoms with E-state index in [4.69, 9.17) is 9.15 Å². The Labute approximate surface area is 143 Å². The fourth-order valence-corrected chi connectivity index (χ4v) is 3.35. The summed E-state index contributed by atoms with van der Waals surface area (Å²) in [5.74, 6) is 1.74. The second kappa shape index (κ2) is 7.51. The quantitative estimate of drug-likeness (QED) is 0.851. The number of ether oxygens (including phenoxy) is 1. The molecule has 1 fully saturated rings. The van der Waals surface area contributed by atoms with E-state index >= 15 is 0 Å². The second-order valence-corrected chi connectivity index (χ2v) is 6.87. The lowest BCUT2D eigenvalue weighted by Gasteiger charge is -2.39. The van der Waals surface area contributed by atoms with Crippen LogP contribution in [0.2, 0.25) is 0 Å². The molecule has 3 atom stereocenters. The van der Waals surface area contributed by atoms with Crippen molar-refractivity contribution >= 4 is 0 Å². The van der Waals surface area contributed by atoms with Gasteiger partial charge >= 0.3 is 0 Å². The molecular formula is C18H28N4O2. The van der Waals surface area contributed by atoms with E-state index in [9.17, 15) is 0 Å². The summed E-state index contributed by atoms with van der Waals surface area (Å²) in [4.78, 5) is 2.50. The predicted octanol–water partition coefficient (Wildman–Crippen LogP) is 2.57. The zero-order chi connectivity index (χ0) is 17.1. The highest BCUT2D eigenvalue weighted by atomic mass is 16.5. The van der Waals surface area contributed by atoms with Crippen molar-refractivity contribution in [2.45, 2.75) is 52.5 Å². The lowest BCUT2D eigenvalue weighted by Crippen LogP contribution is -2.51. The summed E-state index contributed by atoms with van der Waals surface area (Å²) in [5, 5.41) is 10.7. The molecule has 0 bridgehead atoms. The maximum atomic E-state index is 5.81. The SMILES string of the molecule is Cc1ccc(-c2[nH]ncc2CNC[C@H](C)N2C[C@H](C)O[C@@H](C)C2)o1. The summed E-state index contributed by atoms with van der Waals surface area (Å²) in [6.07, 6.45) is 2.47. The van der Waals surface area contributed by atoms with E-state index < -0.39 is 0 Å². The van der Waals surface area contributed by atoms with Gasteiger partial charge in [-0.1, -0.05) is 0 Å². The Morgan fingerprint density at radius 3 is 2.75 bits per heavy atom. The van der Waals surface area contributed by atoms with Crippen LogP contribution in [0.5, 0.6) is 0 Å². The van der Waals surface area contributed by atoms with Gasteiger partial charge in [-0.3, -0.25) is 10.00 Å². The van der Waals surface area contributed by atoms with Crippen molar-refractivity contribution in [3.8, 4) is 11.5 Å². The Bertz CT molecular complexity index is 641. The molecule has 6 heteroatoms. The molecule has 0 spiro atoms. The van der Waals surface area contributed by atoms with Crippen LogP contribution in [-0.4, -0.2) is 53.0 Å². The van der Waals surface area contributed by atoms with Crippen molar-refractivity contribution in [3.05, 3.63) is 29.7 Å². The number of rotatable bonds is 6. The summed E-state index contributed by atoms with van der Waals surface area (Å²) in [6.45, 7) is 12.2. The summed E-state index contributed by atoms with van der Waals surface area (Å²) in [6, 6.07) is 4.42. The highest BCUT2D eigenvalue weighted by Gasteiger charge is 2.25. The van der Waals surface area contributed by atoms with Crippen LogP contribution in [0.4, 0.5) is 0 Å². The van der Waals surface area contributed by atoms with E-state index in [0.717, 1.165) is 49.0 Å². The predicted molar refractivity (Wildman–Crippen MR) is 93.8 cm³/mol. The Morgan fingerprint density at radius 1 is 1.33 bits per heavy atom. The molecule has 0 aromatic carbocycles. The topological polar surface area (TPSA) is 66.3 Å². The van der Waals surface area contributed by atoms with Crippen molar-refractivity contribution in [1.29, 1.82) is 0 Å². The fraction of sp³-hybridized carbons (Fsp3) is 0.611. The molecule has 6 nitrogen and oxygen atoms in total. The van der Waals surface area contributed by atoms with E-state index in [-0.39, 0.29) is 0 Å². The number of morpholine rings is 1. The molecule has 0 saturated carbocycles. The van der Waals surface area contributed by atoms with E-state index in [1.165, 1.54) is 0 Å². The molecule has 132 valence electrons. The minimum Gasteiger partial charge on any atom is -0.460 e. The first-order valence-corrected chi connectivity index (χ1v) is 8.72. The molecule has 24 heavy (non-hydrogen) atoms. The molecule has 1 aliphatic heterocycles. The number of furan rings is 1. The normalized spacial score (nSPS) is 23.5. The van der Waals surface area contributed by atoms with Gasteiger partial charge in [-0.05, 0) is 39.8 Å². The molecule has 0 amide bonds. The Kier molecular flexibility index (Phi) is 5.38. The maximum absolute atomic E-state index is 5.81. The number of aromatic nitrogens is 2. The molecule has 0 aliphatic carbocycles. The monoisotopic (exact) mass is 332 g/mol. The molecule has 1 aliphatic rings. The van der Waals surface area contributed by atoms with Gasteiger partial charge < -0.3 is 14.5 Å². The summed E-state index contributed by atoms with van der Waals surface area (Å²) in [5.41, 5.74) is 2.08. The second-order valence-electron chi connectivity index (χ2n) is 6.87. The van der Waals surface area contributed by atoms with Crippen LogP contribution in [0.15, 0.2) is 22.7 Å². The van der Waals surface area contributed by atoms with Crippen LogP contribution in [0.1, 0.15) is 32.1 Å². The molecule has 2 aromatic rings. The zero-order valence-electron chi connectivity index (χ0n) is 15.0. The number of aryl methyl sites for hydroxylation is 1. The number of hydrogen-bond donors (Lipinski definition) is 2. The molecule has 0 radical (unpaired) electrons. The molecule has 2 aromatic heterocycles. The van der Waals surface area contributed by atoms with Gasteiger partial charge in [0.15, 0.2) is 5.76 Å². The van der Waals surface area contributed by atoms with Gasteiger partial charge in [0.05, 0.1) is 18.4 Å². The highest BCUT2D eigenvalue weighted by molar-refractivity contribution is 5.56. The zero-order valence-corrected chi connectivity index (χ0v) is 15.0. The average Bonchev–Trinajstić information content (AvgIpc) is 3.14. The Morgan fingerprint density at radius 2 is 2.08 bits per heavy atom. The number of aromatic amines is 1. The van der Waals surface area contributed by atoms with E-state index in [0.29, 0.717) is 18.2 Å². The largest absolute Gasteiger partial charge is 0.460 e. The first-order chi connectivity index (χ1) is 11.5. The first-order valence-electron chi connectivity index (χ1n) is 8.72. The third-order valence-electron chi connectivity index (χ3n) is 4.53. The molecule has 0 unspecified atom stereocenters. The third kappa shape index (κ3) is 4.06. The summed E-state index contributed by atoms with van der Waals surface area (Å²) < 4.78 is 11.5. The van der Waals surface area contributed by atoms with E-state index in [1.807, 2.05) is 25.3 Å². The van der Waals surface area contributed by atoms with Crippen molar-refractivity contribution in [1.82, 2.24) is 20.4 Å². The maximum Gasteiger partial charge on any atom is 0.152 e. The lowest BCUT2D eigenvalue weighted by atomic mass is 10.1. The van der Waals surface area contributed by atoms with Crippen molar-refractivity contribution < 1.29 is 9.15 Å². The first kappa shape index (κ1) is 17.2. The van der Waals surface area contributed by atoms with Crippen LogP contribution in [0.25, 0.3) is 11.5 Å². The fourth-order valence-electron chi connectivity index (χ4n) is 3.35. The number of hydrogen-bond acceptors (Lipinski definition) is 5. The van der Waals surface area contributed by atoms with Crippen molar-refractivity contribution in [2.75, 3.05) is 19.6 Å². The van der Waals surface area contributed by atoms with E-state index in [1.54, 1.807) is 0 Å². The Balaban J connectivity index is 1.53. The highest BCUT2D eigenvalue weighted by Crippen LogP contribution is 2.23. The standard InChI is InChI=1S/C18H28N4O2/c1-12(22-10-14(3)23-15(4)11-22)7-19-8-16-9-20-21-18(16)17-6-5-13(2)24-17/h5-6,9,12,14-15,19H,7-8,10-11H2,1-4H3,(H,20,21)/t12-,14-,15-/m0/s1. The minimum atomic E-state index is 0.305. The van der Waals surface area contributed by atoms with Gasteiger partial charge in [-0.15, -0.1) is 0 Å².